The summed E-state index contributed by atoms with van der Waals surface area (Å²) in [5, 5.41) is 20.0. The van der Waals surface area contributed by atoms with E-state index >= 15 is 0 Å². The summed E-state index contributed by atoms with van der Waals surface area (Å²) in [5.41, 5.74) is 0.560. The monoisotopic (exact) mass is 384 g/mol. The van der Waals surface area contributed by atoms with Crippen molar-refractivity contribution in [2.75, 3.05) is 0 Å². The first-order valence-electron chi connectivity index (χ1n) is 7.55. The predicted molar refractivity (Wildman–Crippen MR) is 92.9 cm³/mol. The van der Waals surface area contributed by atoms with Crippen molar-refractivity contribution in [3.63, 3.8) is 0 Å². The van der Waals surface area contributed by atoms with Crippen LogP contribution in [0.3, 0.4) is 0 Å². The van der Waals surface area contributed by atoms with Gasteiger partial charge in [-0.15, -0.1) is 11.8 Å². The molecule has 134 valence electrons. The topological polar surface area (TPSA) is 110 Å². The number of hydrogen-bond donors (Lipinski definition) is 2. The molecule has 0 aliphatic carbocycles. The van der Waals surface area contributed by atoms with E-state index in [4.69, 9.17) is 4.74 Å². The van der Waals surface area contributed by atoms with E-state index < -0.39 is 33.5 Å². The van der Waals surface area contributed by atoms with Crippen molar-refractivity contribution in [1.82, 2.24) is 4.90 Å². The van der Waals surface area contributed by atoms with E-state index in [-0.39, 0.29) is 23.6 Å². The molecule has 2 aliphatic rings. The number of fused-ring (bicyclic) bond motifs is 1. The molecule has 0 aromatic heterocycles. The quantitative estimate of drug-likeness (QED) is 0.258. The second kappa shape index (κ2) is 6.85. The Hall–Kier alpha value is -1.78. The van der Waals surface area contributed by atoms with Crippen LogP contribution in [0.2, 0.25) is 0 Å². The van der Waals surface area contributed by atoms with E-state index in [1.54, 1.807) is 6.92 Å². The minimum Gasteiger partial charge on any atom is -0.459 e. The van der Waals surface area contributed by atoms with Gasteiger partial charge in [-0.25, -0.2) is 4.79 Å². The van der Waals surface area contributed by atoms with Crippen LogP contribution >= 0.6 is 24.4 Å². The molecule has 3 rings (SSSR count). The fourth-order valence-electron chi connectivity index (χ4n) is 2.94. The molecule has 4 unspecified atom stereocenters. The van der Waals surface area contributed by atoms with Crippen LogP contribution in [0.4, 0.5) is 5.69 Å². The van der Waals surface area contributed by atoms with Crippen LogP contribution in [-0.4, -0.2) is 48.9 Å². The van der Waals surface area contributed by atoms with Gasteiger partial charge in [0.25, 0.3) is 5.69 Å². The molecule has 0 spiro atoms. The zero-order valence-electron chi connectivity index (χ0n) is 13.1. The van der Waals surface area contributed by atoms with Gasteiger partial charge in [-0.05, 0) is 24.6 Å². The maximum Gasteiger partial charge on any atom is 0.331 e. The molecule has 2 heterocycles. The lowest BCUT2D eigenvalue weighted by atomic mass is 9.91. The Balaban J connectivity index is 1.62. The van der Waals surface area contributed by atoms with Crippen LogP contribution < -0.4 is 0 Å². The smallest absolute Gasteiger partial charge is 0.331 e. The van der Waals surface area contributed by atoms with Crippen LogP contribution in [0.15, 0.2) is 24.3 Å². The van der Waals surface area contributed by atoms with E-state index in [1.165, 1.54) is 40.9 Å². The Morgan fingerprint density at radius 2 is 2.12 bits per heavy atom. The molecular weight excluding hydrogens is 368 g/mol. The summed E-state index contributed by atoms with van der Waals surface area (Å²) in [6.07, 6.45) is -0.781. The second-order valence-electron chi connectivity index (χ2n) is 5.91. The highest BCUT2D eigenvalue weighted by Gasteiger charge is 2.61. The van der Waals surface area contributed by atoms with Crippen molar-refractivity contribution < 1.29 is 24.4 Å². The standard InChI is InChI=1S/C15H16N2O6S2/c1-7(18)10-12(19)16-11(15(24)25-13(10)16)14(20)23-6-8-2-4-9(5-3-8)17(21)22/h2-5,7,10-11,13,15,18,24H,6H2,1H3/t7-,10?,11?,13?,15?/m1/s1. The fraction of sp³-hybridized carbons (Fsp3) is 0.467. The number of amides is 1. The number of non-ortho nitro benzene ring substituents is 1. The van der Waals surface area contributed by atoms with Gasteiger partial charge in [0.1, 0.15) is 6.61 Å². The van der Waals surface area contributed by atoms with Crippen molar-refractivity contribution >= 4 is 42.0 Å². The Labute approximate surface area is 153 Å². The summed E-state index contributed by atoms with van der Waals surface area (Å²) >= 11 is 5.72. The SMILES string of the molecule is C[C@@H](O)C1C(=O)N2C1SC(S)C2C(=O)OCc1ccc([N+](=O)[O-])cc1. The molecule has 25 heavy (non-hydrogen) atoms. The van der Waals surface area contributed by atoms with E-state index in [2.05, 4.69) is 12.6 Å². The zero-order chi connectivity index (χ0) is 18.3. The van der Waals surface area contributed by atoms with Crippen LogP contribution in [-0.2, 0) is 20.9 Å². The molecule has 5 atom stereocenters. The van der Waals surface area contributed by atoms with Gasteiger partial charge >= 0.3 is 5.97 Å². The molecule has 1 aromatic carbocycles. The molecule has 0 radical (unpaired) electrons. The lowest BCUT2D eigenvalue weighted by molar-refractivity contribution is -0.384. The molecule has 2 saturated heterocycles. The summed E-state index contributed by atoms with van der Waals surface area (Å²) < 4.78 is 4.82. The van der Waals surface area contributed by atoms with Crippen molar-refractivity contribution in [3.05, 3.63) is 39.9 Å². The maximum atomic E-state index is 12.4. The number of thiol groups is 1. The summed E-state index contributed by atoms with van der Waals surface area (Å²) in [6.45, 7) is 1.50. The van der Waals surface area contributed by atoms with Crippen LogP contribution in [0.5, 0.6) is 0 Å². The van der Waals surface area contributed by atoms with Gasteiger partial charge in [0.05, 0.1) is 26.9 Å². The van der Waals surface area contributed by atoms with E-state index in [9.17, 15) is 24.8 Å². The fourth-order valence-corrected chi connectivity index (χ4v) is 5.13. The van der Waals surface area contributed by atoms with Gasteiger partial charge < -0.3 is 14.7 Å². The number of thioether (sulfide) groups is 1. The Kier molecular flexibility index (Phi) is 4.94. The number of carbonyl (C=O) groups is 2. The van der Waals surface area contributed by atoms with Gasteiger partial charge in [0, 0.05) is 12.1 Å². The van der Waals surface area contributed by atoms with Crippen LogP contribution in [0, 0.1) is 16.0 Å². The number of carbonyl (C=O) groups excluding carboxylic acids is 2. The Bertz CT molecular complexity index is 710. The Morgan fingerprint density at radius 3 is 2.68 bits per heavy atom. The van der Waals surface area contributed by atoms with Crippen LogP contribution in [0.1, 0.15) is 12.5 Å². The zero-order valence-corrected chi connectivity index (χ0v) is 14.9. The number of nitro benzene ring substituents is 1. The predicted octanol–water partition coefficient (Wildman–Crippen LogP) is 1.17. The first-order valence-corrected chi connectivity index (χ1v) is 9.01. The van der Waals surface area contributed by atoms with E-state index in [1.807, 2.05) is 0 Å². The number of aliphatic hydroxyl groups is 1. The highest BCUT2D eigenvalue weighted by Crippen LogP contribution is 2.50. The summed E-state index contributed by atoms with van der Waals surface area (Å²) in [4.78, 5) is 36.1. The minimum absolute atomic E-state index is 0.0455. The van der Waals surface area contributed by atoms with Gasteiger partial charge in [-0.3, -0.25) is 14.9 Å². The third-order valence-electron chi connectivity index (χ3n) is 4.26. The van der Waals surface area contributed by atoms with Gasteiger partial charge in [0.2, 0.25) is 5.91 Å². The first kappa shape index (κ1) is 18.0. The molecule has 2 fully saturated rings. The average Bonchev–Trinajstić information content (AvgIpc) is 2.85. The highest BCUT2D eigenvalue weighted by atomic mass is 32.2. The second-order valence-corrected chi connectivity index (χ2v) is 8.07. The molecule has 0 saturated carbocycles. The molecule has 1 aromatic rings. The average molecular weight is 384 g/mol. The van der Waals surface area contributed by atoms with Crippen LogP contribution in [0.25, 0.3) is 0 Å². The van der Waals surface area contributed by atoms with E-state index in [0.29, 0.717) is 5.56 Å². The van der Waals surface area contributed by atoms with E-state index in [0.717, 1.165) is 0 Å². The lowest BCUT2D eigenvalue weighted by Gasteiger charge is -2.44. The molecular formula is C15H16N2O6S2. The number of benzene rings is 1. The molecule has 0 bridgehead atoms. The number of nitrogens with zero attached hydrogens (tertiary/aromatic N) is 2. The number of β-lactam (4-membered cyclic amide) rings is 1. The van der Waals surface area contributed by atoms with Crippen molar-refractivity contribution in [2.24, 2.45) is 5.92 Å². The first-order chi connectivity index (χ1) is 11.8. The third kappa shape index (κ3) is 3.21. The highest BCUT2D eigenvalue weighted by molar-refractivity contribution is 8.11. The third-order valence-corrected chi connectivity index (χ3v) is 6.24. The molecule has 8 nitrogen and oxygen atoms in total. The number of ether oxygens (including phenoxy) is 1. The molecule has 10 heteroatoms. The summed E-state index contributed by atoms with van der Waals surface area (Å²) in [6, 6.07) is 4.87. The molecule has 1 amide bonds. The Morgan fingerprint density at radius 1 is 1.48 bits per heavy atom. The largest absolute Gasteiger partial charge is 0.459 e. The van der Waals surface area contributed by atoms with Gasteiger partial charge in [0.15, 0.2) is 6.04 Å². The minimum atomic E-state index is -0.807. The number of aliphatic hydroxyl groups excluding tert-OH is 1. The number of hydrogen-bond acceptors (Lipinski definition) is 8. The lowest BCUT2D eigenvalue weighted by Crippen LogP contribution is -2.64. The molecule has 2 aliphatic heterocycles. The number of rotatable bonds is 5. The van der Waals surface area contributed by atoms with Gasteiger partial charge in [-0.2, -0.15) is 12.6 Å². The maximum absolute atomic E-state index is 12.4. The van der Waals surface area contributed by atoms with Crippen molar-refractivity contribution in [1.29, 1.82) is 0 Å². The number of nitro groups is 1. The van der Waals surface area contributed by atoms with Crippen molar-refractivity contribution in [3.8, 4) is 0 Å². The molecule has 1 N–H and O–H groups in total. The summed E-state index contributed by atoms with van der Waals surface area (Å²) in [7, 11) is 0. The van der Waals surface area contributed by atoms with Gasteiger partial charge in [-0.1, -0.05) is 0 Å². The summed E-state index contributed by atoms with van der Waals surface area (Å²) in [5.74, 6) is -1.38. The normalized spacial score (nSPS) is 28.9. The number of esters is 1. The van der Waals surface area contributed by atoms with Crippen molar-refractivity contribution in [2.45, 2.75) is 35.6 Å².